The number of benzene rings is 4. The summed E-state index contributed by atoms with van der Waals surface area (Å²) in [5, 5.41) is 29.6. The van der Waals surface area contributed by atoms with Gasteiger partial charge < -0.3 is 25.7 Å². The molecule has 0 bridgehead atoms. The Morgan fingerprint density at radius 1 is 0.783 bits per heavy atom. The first-order valence-corrected chi connectivity index (χ1v) is 21.3. The van der Waals surface area contributed by atoms with Crippen LogP contribution in [0.4, 0.5) is 4.79 Å². The average Bonchev–Trinajstić information content (AvgIpc) is 3.66. The molecular formula is C40H40N8O10S2. The molecule has 60 heavy (non-hydrogen) atoms. The molecule has 1 atom stereocenters. The Morgan fingerprint density at radius 3 is 2.12 bits per heavy atom. The molecule has 0 radical (unpaired) electrons. The van der Waals surface area contributed by atoms with Crippen molar-refractivity contribution < 1.29 is 46.3 Å². The van der Waals surface area contributed by atoms with Crippen molar-refractivity contribution >= 4 is 48.9 Å². The van der Waals surface area contributed by atoms with Crippen LogP contribution in [0, 0.1) is 0 Å². The lowest BCUT2D eigenvalue weighted by atomic mass is 10.1. The molecule has 18 nitrogen and oxygen atoms in total. The number of aromatic nitrogens is 3. The summed E-state index contributed by atoms with van der Waals surface area (Å²) in [5.41, 5.74) is 3.23. The number of nitrogens with one attached hydrogen (secondary N) is 4. The second-order valence-corrected chi connectivity index (χ2v) is 16.6. The molecule has 0 aliphatic carbocycles. The Morgan fingerprint density at radius 2 is 1.45 bits per heavy atom. The van der Waals surface area contributed by atoms with Crippen molar-refractivity contribution in [3.8, 4) is 11.1 Å². The molecule has 312 valence electrons. The van der Waals surface area contributed by atoms with Crippen LogP contribution in [0.25, 0.3) is 22.0 Å². The number of rotatable bonds is 18. The zero-order valence-corrected chi connectivity index (χ0v) is 33.3. The summed E-state index contributed by atoms with van der Waals surface area (Å²) in [4.78, 5) is 41.0. The van der Waals surface area contributed by atoms with Crippen LogP contribution < -0.4 is 25.6 Å². The fraction of sp³-hybridized carbons (Fsp3) is 0.175. The number of alkyl carbamates (subject to hydrolysis) is 1. The first kappa shape index (κ1) is 42.7. The van der Waals surface area contributed by atoms with Crippen LogP contribution in [0.1, 0.15) is 15.9 Å². The lowest BCUT2D eigenvalue weighted by Gasteiger charge is -2.16. The summed E-state index contributed by atoms with van der Waals surface area (Å²) in [6.45, 7) is 0.130. The SMILES string of the molecule is O=C(NCCNS(=O)(=O)c1ccc(-c2ccc(S(=O)(=O)N[C@@H](CNC(=O)c3ccc4c(cnn4CCN=c4ccccn4O)c3)C(=O)O)cc2)cc1)OCc1ccccc1. The number of nitrogens with zero attached hydrogens (tertiary/aromatic N) is 4. The molecule has 4 aromatic carbocycles. The average molecular weight is 857 g/mol. The molecule has 6 aromatic rings. The minimum atomic E-state index is -4.37. The standard InChI is InChI=1S/C40H40N8O10S2/c49-38(31-13-18-36-32(24-31)25-44-47(36)23-21-41-37-8-4-5-22-48(37)53)43-26-35(39(50)51)46-60(56,57)34-16-11-30(12-17-34)29-9-14-33(15-10-29)59(54,55)45-20-19-42-40(52)58-27-28-6-2-1-3-7-28/h1-18,22,24-25,35,45-46,53H,19-21,23,26-27H2,(H,42,52)(H,43,49)(H,50,51)/t35-/m0/s1. The van der Waals surface area contributed by atoms with Crippen LogP contribution in [0.3, 0.4) is 0 Å². The molecule has 6 rings (SSSR count). The minimum Gasteiger partial charge on any atom is -0.480 e. The Bertz CT molecular complexity index is 2760. The number of carboxylic acid groups (broad SMARTS) is 1. The number of carbonyl (C=O) groups excluding carboxylic acids is 2. The van der Waals surface area contributed by atoms with Gasteiger partial charge >= 0.3 is 12.1 Å². The van der Waals surface area contributed by atoms with E-state index in [-0.39, 0.29) is 35.1 Å². The lowest BCUT2D eigenvalue weighted by Crippen LogP contribution is -2.48. The number of pyridine rings is 1. The van der Waals surface area contributed by atoms with E-state index in [0.29, 0.717) is 40.6 Å². The molecule has 0 fully saturated rings. The summed E-state index contributed by atoms with van der Waals surface area (Å²) in [5.74, 6) is -2.14. The maximum absolute atomic E-state index is 13.2. The van der Waals surface area contributed by atoms with Gasteiger partial charge in [-0.05, 0) is 71.3 Å². The number of hydrogen-bond acceptors (Lipinski definition) is 11. The largest absolute Gasteiger partial charge is 0.480 e. The van der Waals surface area contributed by atoms with Crippen molar-refractivity contribution in [3.05, 3.63) is 144 Å². The van der Waals surface area contributed by atoms with E-state index >= 15 is 0 Å². The predicted molar refractivity (Wildman–Crippen MR) is 218 cm³/mol. The summed E-state index contributed by atoms with van der Waals surface area (Å²) in [6, 6.07) is 28.6. The Hall–Kier alpha value is -6.87. The zero-order chi connectivity index (χ0) is 42.7. The highest BCUT2D eigenvalue weighted by Crippen LogP contribution is 2.23. The van der Waals surface area contributed by atoms with Crippen molar-refractivity contribution in [3.63, 3.8) is 0 Å². The number of amides is 2. The van der Waals surface area contributed by atoms with Crippen molar-refractivity contribution in [2.45, 2.75) is 29.0 Å². The van der Waals surface area contributed by atoms with E-state index in [1.165, 1.54) is 60.8 Å². The molecule has 2 amide bonds. The normalized spacial score (nSPS) is 12.5. The zero-order valence-electron chi connectivity index (χ0n) is 31.7. The molecule has 2 heterocycles. The van der Waals surface area contributed by atoms with Gasteiger partial charge in [0.05, 0.1) is 34.6 Å². The molecule has 0 aliphatic rings. The van der Waals surface area contributed by atoms with E-state index in [0.717, 1.165) is 10.3 Å². The van der Waals surface area contributed by atoms with Gasteiger partial charge in [-0.15, -0.1) is 0 Å². The molecule has 0 saturated heterocycles. The van der Waals surface area contributed by atoms with Crippen LogP contribution in [-0.2, 0) is 42.7 Å². The third-order valence-corrected chi connectivity index (χ3v) is 11.9. The van der Waals surface area contributed by atoms with Crippen molar-refractivity contribution in [2.75, 3.05) is 26.2 Å². The highest BCUT2D eigenvalue weighted by atomic mass is 32.2. The molecule has 2 aromatic heterocycles. The second kappa shape index (κ2) is 19.3. The van der Waals surface area contributed by atoms with Gasteiger partial charge in [-0.25, -0.2) is 26.4 Å². The van der Waals surface area contributed by atoms with E-state index < -0.39 is 50.6 Å². The molecule has 0 saturated carbocycles. The van der Waals surface area contributed by atoms with Gasteiger partial charge in [0, 0.05) is 36.8 Å². The fourth-order valence-corrected chi connectivity index (χ4v) is 8.03. The van der Waals surface area contributed by atoms with Crippen molar-refractivity contribution in [1.82, 2.24) is 34.6 Å². The molecule has 20 heteroatoms. The third-order valence-electron chi connectivity index (χ3n) is 8.93. The summed E-state index contributed by atoms with van der Waals surface area (Å²) in [7, 11) is -8.29. The topological polar surface area (TPSA) is 252 Å². The summed E-state index contributed by atoms with van der Waals surface area (Å²) < 4.78 is 64.2. The number of sulfonamides is 2. The molecule has 0 aliphatic heterocycles. The van der Waals surface area contributed by atoms with E-state index in [1.807, 2.05) is 18.2 Å². The number of aliphatic carboxylic acids is 1. The monoisotopic (exact) mass is 856 g/mol. The quantitative estimate of drug-likeness (QED) is 0.0542. The lowest BCUT2D eigenvalue weighted by molar-refractivity contribution is -0.138. The van der Waals surface area contributed by atoms with Gasteiger partial charge in [-0.2, -0.15) is 14.6 Å². The van der Waals surface area contributed by atoms with Crippen LogP contribution in [0.5, 0.6) is 0 Å². The third kappa shape index (κ3) is 11.2. The number of ether oxygens (including phenoxy) is 1. The van der Waals surface area contributed by atoms with Gasteiger partial charge in [0.2, 0.25) is 20.0 Å². The molecular weight excluding hydrogens is 817 g/mol. The van der Waals surface area contributed by atoms with Crippen molar-refractivity contribution in [2.24, 2.45) is 4.99 Å². The van der Waals surface area contributed by atoms with Crippen molar-refractivity contribution in [1.29, 1.82) is 0 Å². The van der Waals surface area contributed by atoms with E-state index in [1.54, 1.807) is 53.3 Å². The van der Waals surface area contributed by atoms with E-state index in [4.69, 9.17) is 4.74 Å². The van der Waals surface area contributed by atoms with E-state index in [2.05, 4.69) is 30.2 Å². The molecule has 6 N–H and O–H groups in total. The molecule has 0 spiro atoms. The first-order valence-electron chi connectivity index (χ1n) is 18.3. The highest BCUT2D eigenvalue weighted by Gasteiger charge is 2.26. The first-order chi connectivity index (χ1) is 28.8. The van der Waals surface area contributed by atoms with E-state index in [9.17, 15) is 41.5 Å². The maximum Gasteiger partial charge on any atom is 0.407 e. The Balaban J connectivity index is 0.987. The number of carboxylic acids is 1. The van der Waals surface area contributed by atoms with Gasteiger partial charge in [0.1, 0.15) is 12.6 Å². The number of fused-ring (bicyclic) bond motifs is 1. The van der Waals surface area contributed by atoms with Gasteiger partial charge in [-0.1, -0.05) is 60.7 Å². The van der Waals surface area contributed by atoms with Gasteiger partial charge in [0.15, 0.2) is 5.49 Å². The smallest absolute Gasteiger partial charge is 0.407 e. The van der Waals surface area contributed by atoms with Crippen LogP contribution >= 0.6 is 0 Å². The highest BCUT2D eigenvalue weighted by molar-refractivity contribution is 7.89. The van der Waals surface area contributed by atoms with Crippen LogP contribution in [0.15, 0.2) is 142 Å². The fourth-order valence-electron chi connectivity index (χ4n) is 5.81. The van der Waals surface area contributed by atoms with Gasteiger partial charge in [-0.3, -0.25) is 19.3 Å². The van der Waals surface area contributed by atoms with Crippen LogP contribution in [-0.4, -0.2) is 91.9 Å². The van der Waals surface area contributed by atoms with Crippen LogP contribution in [0.2, 0.25) is 0 Å². The second-order valence-electron chi connectivity index (χ2n) is 13.1. The number of hydrogen-bond donors (Lipinski definition) is 6. The predicted octanol–water partition coefficient (Wildman–Crippen LogP) is 2.71. The van der Waals surface area contributed by atoms with Gasteiger partial charge in [0.25, 0.3) is 5.91 Å². The Labute approximate surface area is 344 Å². The minimum absolute atomic E-state index is 0.00964. The summed E-state index contributed by atoms with van der Waals surface area (Å²) in [6.07, 6.45) is 2.34. The Kier molecular flexibility index (Phi) is 13.7. The number of carbonyl (C=O) groups is 3. The maximum atomic E-state index is 13.2. The summed E-state index contributed by atoms with van der Waals surface area (Å²) >= 11 is 0. The molecule has 0 unspecified atom stereocenters.